The van der Waals surface area contributed by atoms with E-state index in [0.29, 0.717) is 6.54 Å². The van der Waals surface area contributed by atoms with Crippen molar-refractivity contribution in [2.24, 2.45) is 5.73 Å². The molecular weight excluding hydrogens is 202 g/mol. The molecule has 0 saturated carbocycles. The second-order valence-corrected chi connectivity index (χ2v) is 4.22. The van der Waals surface area contributed by atoms with Gasteiger partial charge in [-0.3, -0.25) is 0 Å². The van der Waals surface area contributed by atoms with Crippen LogP contribution in [0.15, 0.2) is 18.2 Å². The summed E-state index contributed by atoms with van der Waals surface area (Å²) < 4.78 is 0. The number of amides is 2. The van der Waals surface area contributed by atoms with Gasteiger partial charge in [-0.2, -0.15) is 0 Å². The quantitative estimate of drug-likeness (QED) is 0.800. The number of fused-ring (bicyclic) bond motifs is 1. The number of urea groups is 1. The Morgan fingerprint density at radius 2 is 2.31 bits per heavy atom. The van der Waals surface area contributed by atoms with E-state index >= 15 is 0 Å². The number of nitrogens with zero attached hydrogens (tertiary/aromatic N) is 1. The maximum atomic E-state index is 11.4. The average Bonchev–Trinajstić information content (AvgIpc) is 2.29. The largest absolute Gasteiger partial charge is 0.324 e. The van der Waals surface area contributed by atoms with Crippen molar-refractivity contribution in [1.29, 1.82) is 0 Å². The standard InChI is InChI=1S/C12H17N3O/c1-3-10(13)8-4-5-11-9(6-8)7-15(2)12(16)14-11/h4-6,10H,3,7,13H2,1-2H3,(H,14,16). The van der Waals surface area contributed by atoms with E-state index in [1.54, 1.807) is 11.9 Å². The van der Waals surface area contributed by atoms with Gasteiger partial charge in [0.1, 0.15) is 0 Å². The summed E-state index contributed by atoms with van der Waals surface area (Å²) in [5, 5.41) is 2.84. The van der Waals surface area contributed by atoms with Crippen LogP contribution in [0.3, 0.4) is 0 Å². The monoisotopic (exact) mass is 219 g/mol. The van der Waals surface area contributed by atoms with E-state index in [4.69, 9.17) is 5.73 Å². The minimum absolute atomic E-state index is 0.0555. The molecule has 3 N–H and O–H groups in total. The summed E-state index contributed by atoms with van der Waals surface area (Å²) in [7, 11) is 1.78. The van der Waals surface area contributed by atoms with Crippen LogP contribution in [0.25, 0.3) is 0 Å². The van der Waals surface area contributed by atoms with Crippen LogP contribution in [-0.2, 0) is 6.54 Å². The fraction of sp³-hybridized carbons (Fsp3) is 0.417. The van der Waals surface area contributed by atoms with E-state index in [1.165, 1.54) is 0 Å². The molecule has 1 heterocycles. The zero-order valence-corrected chi connectivity index (χ0v) is 9.66. The topological polar surface area (TPSA) is 58.4 Å². The molecule has 1 aliphatic rings. The van der Waals surface area contributed by atoms with Crippen molar-refractivity contribution in [2.45, 2.75) is 25.9 Å². The van der Waals surface area contributed by atoms with Crippen molar-refractivity contribution in [3.05, 3.63) is 29.3 Å². The molecule has 2 rings (SSSR count). The fourth-order valence-corrected chi connectivity index (χ4v) is 1.87. The van der Waals surface area contributed by atoms with E-state index in [0.717, 1.165) is 23.2 Å². The first-order chi connectivity index (χ1) is 7.61. The summed E-state index contributed by atoms with van der Waals surface area (Å²) in [5.74, 6) is 0. The number of anilines is 1. The van der Waals surface area contributed by atoms with E-state index in [2.05, 4.69) is 18.3 Å². The van der Waals surface area contributed by atoms with Crippen molar-refractivity contribution >= 4 is 11.7 Å². The normalized spacial score (nSPS) is 16.7. The number of carbonyl (C=O) groups excluding carboxylic acids is 1. The van der Waals surface area contributed by atoms with Gasteiger partial charge in [-0.15, -0.1) is 0 Å². The second-order valence-electron chi connectivity index (χ2n) is 4.22. The SMILES string of the molecule is CCC(N)c1ccc2c(c1)CN(C)C(=O)N2. The Morgan fingerprint density at radius 1 is 1.56 bits per heavy atom. The number of benzene rings is 1. The Bertz CT molecular complexity index is 417. The molecule has 1 unspecified atom stereocenters. The highest BCUT2D eigenvalue weighted by Crippen LogP contribution is 2.26. The van der Waals surface area contributed by atoms with Crippen LogP contribution in [0.4, 0.5) is 10.5 Å². The van der Waals surface area contributed by atoms with Crippen molar-refractivity contribution in [2.75, 3.05) is 12.4 Å². The zero-order chi connectivity index (χ0) is 11.7. The van der Waals surface area contributed by atoms with Crippen LogP contribution in [0.2, 0.25) is 0 Å². The molecule has 86 valence electrons. The number of rotatable bonds is 2. The minimum Gasteiger partial charge on any atom is -0.324 e. The van der Waals surface area contributed by atoms with E-state index in [9.17, 15) is 4.79 Å². The van der Waals surface area contributed by atoms with Gasteiger partial charge in [0.15, 0.2) is 0 Å². The van der Waals surface area contributed by atoms with E-state index in [1.807, 2.05) is 12.1 Å². The Labute approximate surface area is 95.4 Å². The first-order valence-electron chi connectivity index (χ1n) is 5.52. The molecule has 16 heavy (non-hydrogen) atoms. The summed E-state index contributed by atoms with van der Waals surface area (Å²) in [6.45, 7) is 2.71. The van der Waals surface area contributed by atoms with Crippen molar-refractivity contribution in [3.8, 4) is 0 Å². The third-order valence-corrected chi connectivity index (χ3v) is 2.99. The third-order valence-electron chi connectivity index (χ3n) is 2.99. The molecule has 0 saturated heterocycles. The van der Waals surface area contributed by atoms with E-state index < -0.39 is 0 Å². The lowest BCUT2D eigenvalue weighted by molar-refractivity contribution is 0.218. The Kier molecular flexibility index (Phi) is 2.83. The molecule has 0 spiro atoms. The van der Waals surface area contributed by atoms with Crippen molar-refractivity contribution in [1.82, 2.24) is 4.90 Å². The van der Waals surface area contributed by atoms with Crippen LogP contribution >= 0.6 is 0 Å². The van der Waals surface area contributed by atoms with Gasteiger partial charge in [0.25, 0.3) is 0 Å². The lowest BCUT2D eigenvalue weighted by atomic mass is 10.0. The molecule has 4 nitrogen and oxygen atoms in total. The predicted molar refractivity (Wildman–Crippen MR) is 64.1 cm³/mol. The Morgan fingerprint density at radius 3 is 3.00 bits per heavy atom. The van der Waals surface area contributed by atoms with Gasteiger partial charge >= 0.3 is 6.03 Å². The minimum atomic E-state index is -0.0555. The van der Waals surface area contributed by atoms with Crippen LogP contribution in [0.1, 0.15) is 30.5 Å². The highest BCUT2D eigenvalue weighted by Gasteiger charge is 2.19. The lowest BCUT2D eigenvalue weighted by Gasteiger charge is -2.26. The molecule has 1 atom stereocenters. The van der Waals surface area contributed by atoms with Crippen molar-refractivity contribution < 1.29 is 4.79 Å². The van der Waals surface area contributed by atoms with Gasteiger partial charge < -0.3 is 16.0 Å². The molecule has 1 aromatic rings. The molecule has 0 bridgehead atoms. The zero-order valence-electron chi connectivity index (χ0n) is 9.66. The van der Waals surface area contributed by atoms with Gasteiger partial charge in [-0.05, 0) is 23.6 Å². The van der Waals surface area contributed by atoms with Gasteiger partial charge in [0, 0.05) is 25.3 Å². The molecule has 0 aromatic heterocycles. The van der Waals surface area contributed by atoms with Crippen LogP contribution in [-0.4, -0.2) is 18.0 Å². The van der Waals surface area contributed by atoms with Gasteiger partial charge in [0.05, 0.1) is 0 Å². The molecule has 2 amide bonds. The van der Waals surface area contributed by atoms with Crippen LogP contribution in [0, 0.1) is 0 Å². The smallest absolute Gasteiger partial charge is 0.321 e. The maximum absolute atomic E-state index is 11.4. The van der Waals surface area contributed by atoms with Gasteiger partial charge in [-0.25, -0.2) is 4.79 Å². The number of hydrogen-bond acceptors (Lipinski definition) is 2. The Hall–Kier alpha value is -1.55. The highest BCUT2D eigenvalue weighted by molar-refractivity contribution is 5.92. The van der Waals surface area contributed by atoms with Gasteiger partial charge in [-0.1, -0.05) is 19.1 Å². The third kappa shape index (κ3) is 1.88. The molecule has 1 aromatic carbocycles. The molecule has 4 heteroatoms. The van der Waals surface area contributed by atoms with Crippen molar-refractivity contribution in [3.63, 3.8) is 0 Å². The predicted octanol–water partition coefficient (Wildman–Crippen LogP) is 2.07. The summed E-state index contributed by atoms with van der Waals surface area (Å²) in [6, 6.07) is 6.02. The highest BCUT2D eigenvalue weighted by atomic mass is 16.2. The fourth-order valence-electron chi connectivity index (χ4n) is 1.87. The summed E-state index contributed by atoms with van der Waals surface area (Å²) in [6.07, 6.45) is 0.918. The summed E-state index contributed by atoms with van der Waals surface area (Å²) in [5.41, 5.74) is 9.15. The first-order valence-corrected chi connectivity index (χ1v) is 5.52. The first kappa shape index (κ1) is 11.0. The number of hydrogen-bond donors (Lipinski definition) is 2. The Balaban J connectivity index is 2.32. The van der Waals surface area contributed by atoms with E-state index in [-0.39, 0.29) is 12.1 Å². The molecular formula is C12H17N3O. The molecule has 1 aliphatic heterocycles. The molecule has 0 radical (unpaired) electrons. The molecule has 0 fully saturated rings. The summed E-state index contributed by atoms with van der Waals surface area (Å²) in [4.78, 5) is 13.1. The lowest BCUT2D eigenvalue weighted by Crippen LogP contribution is -2.35. The number of carbonyl (C=O) groups is 1. The molecule has 0 aliphatic carbocycles. The number of nitrogens with two attached hydrogens (primary N) is 1. The van der Waals surface area contributed by atoms with Gasteiger partial charge in [0.2, 0.25) is 0 Å². The second kappa shape index (κ2) is 4.14. The average molecular weight is 219 g/mol. The summed E-state index contributed by atoms with van der Waals surface area (Å²) >= 11 is 0. The van der Waals surface area contributed by atoms with Crippen LogP contribution < -0.4 is 11.1 Å². The number of nitrogens with one attached hydrogen (secondary N) is 1. The maximum Gasteiger partial charge on any atom is 0.321 e. The van der Waals surface area contributed by atoms with Crippen LogP contribution in [0.5, 0.6) is 0 Å².